The van der Waals surface area contributed by atoms with Crippen LogP contribution in [0.5, 0.6) is 0 Å². The summed E-state index contributed by atoms with van der Waals surface area (Å²) in [6.07, 6.45) is 1.23. The molecule has 0 saturated carbocycles. The lowest BCUT2D eigenvalue weighted by molar-refractivity contribution is 0.144. The average Bonchev–Trinajstić information content (AvgIpc) is 2.11. The first-order valence-corrected chi connectivity index (χ1v) is 6.62. The third-order valence-electron chi connectivity index (χ3n) is 3.05. The Labute approximate surface area is 103 Å². The van der Waals surface area contributed by atoms with Crippen molar-refractivity contribution in [2.45, 2.75) is 48.0 Å². The molecule has 0 radical (unpaired) electrons. The zero-order valence-electron chi connectivity index (χ0n) is 12.5. The maximum atomic E-state index is 3.48. The second-order valence-electron chi connectivity index (χ2n) is 6.68. The molecule has 16 heavy (non-hydrogen) atoms. The summed E-state index contributed by atoms with van der Waals surface area (Å²) in [5.41, 5.74) is 0.789. The van der Waals surface area contributed by atoms with Gasteiger partial charge < -0.3 is 10.2 Å². The van der Waals surface area contributed by atoms with Gasteiger partial charge in [-0.05, 0) is 30.8 Å². The first kappa shape index (κ1) is 15.9. The van der Waals surface area contributed by atoms with Crippen molar-refractivity contribution in [2.75, 3.05) is 33.2 Å². The van der Waals surface area contributed by atoms with E-state index in [-0.39, 0.29) is 0 Å². The van der Waals surface area contributed by atoms with Gasteiger partial charge in [-0.1, -0.05) is 41.5 Å². The predicted molar refractivity (Wildman–Crippen MR) is 73.9 cm³/mol. The highest BCUT2D eigenvalue weighted by Crippen LogP contribution is 2.23. The van der Waals surface area contributed by atoms with E-state index in [1.54, 1.807) is 0 Å². The second kappa shape index (κ2) is 6.61. The minimum absolute atomic E-state index is 0.390. The van der Waals surface area contributed by atoms with Gasteiger partial charge in [0, 0.05) is 19.6 Å². The van der Waals surface area contributed by atoms with Crippen LogP contribution in [0, 0.1) is 10.8 Å². The minimum Gasteiger partial charge on any atom is -0.316 e. The molecule has 98 valence electrons. The van der Waals surface area contributed by atoms with E-state index in [0.29, 0.717) is 10.8 Å². The van der Waals surface area contributed by atoms with E-state index in [2.05, 4.69) is 58.8 Å². The van der Waals surface area contributed by atoms with E-state index in [4.69, 9.17) is 0 Å². The number of nitrogens with one attached hydrogen (secondary N) is 1. The van der Waals surface area contributed by atoms with Crippen LogP contribution in [0.1, 0.15) is 48.0 Å². The van der Waals surface area contributed by atoms with Crippen molar-refractivity contribution >= 4 is 0 Å². The quantitative estimate of drug-likeness (QED) is 0.720. The Bertz CT molecular complexity index is 184. The lowest BCUT2D eigenvalue weighted by Crippen LogP contribution is -2.42. The third-order valence-corrected chi connectivity index (χ3v) is 3.05. The predicted octanol–water partition coefficient (Wildman–Crippen LogP) is 2.99. The zero-order valence-corrected chi connectivity index (χ0v) is 12.5. The Kier molecular flexibility index (Phi) is 6.57. The smallest absolute Gasteiger partial charge is 0.00446 e. The molecule has 0 fully saturated rings. The van der Waals surface area contributed by atoms with Crippen LogP contribution in [0.4, 0.5) is 0 Å². The first-order valence-electron chi connectivity index (χ1n) is 6.62. The van der Waals surface area contributed by atoms with Gasteiger partial charge >= 0.3 is 0 Å². The summed E-state index contributed by atoms with van der Waals surface area (Å²) in [6.45, 7) is 18.3. The Hall–Kier alpha value is -0.0800. The molecule has 0 aromatic carbocycles. The van der Waals surface area contributed by atoms with Gasteiger partial charge in [0.1, 0.15) is 0 Å². The molecular weight excluding hydrogens is 196 g/mol. The lowest BCUT2D eigenvalue weighted by Gasteiger charge is -2.36. The van der Waals surface area contributed by atoms with Crippen molar-refractivity contribution in [3.63, 3.8) is 0 Å². The fraction of sp³-hybridized carbons (Fsp3) is 1.00. The lowest BCUT2D eigenvalue weighted by atomic mass is 9.86. The highest BCUT2D eigenvalue weighted by molar-refractivity contribution is 4.80. The molecule has 1 atom stereocenters. The van der Waals surface area contributed by atoms with E-state index in [1.165, 1.54) is 13.0 Å². The summed E-state index contributed by atoms with van der Waals surface area (Å²) >= 11 is 0. The van der Waals surface area contributed by atoms with Gasteiger partial charge in [-0.15, -0.1) is 0 Å². The molecule has 0 rings (SSSR count). The van der Waals surface area contributed by atoms with Crippen LogP contribution in [0.15, 0.2) is 0 Å². The molecule has 0 bridgehead atoms. The molecule has 2 heteroatoms. The highest BCUT2D eigenvalue weighted by atomic mass is 15.1. The summed E-state index contributed by atoms with van der Waals surface area (Å²) < 4.78 is 0. The van der Waals surface area contributed by atoms with E-state index in [9.17, 15) is 0 Å². The molecule has 0 aliphatic rings. The van der Waals surface area contributed by atoms with Crippen molar-refractivity contribution in [3.05, 3.63) is 0 Å². The van der Waals surface area contributed by atoms with Crippen LogP contribution in [0.25, 0.3) is 0 Å². The number of hydrogen-bond donors (Lipinski definition) is 1. The molecule has 1 unspecified atom stereocenters. The number of rotatable bonds is 7. The van der Waals surface area contributed by atoms with Crippen molar-refractivity contribution < 1.29 is 0 Å². The molecule has 0 aromatic heterocycles. The molecule has 1 N–H and O–H groups in total. The van der Waals surface area contributed by atoms with Crippen LogP contribution in [-0.4, -0.2) is 38.1 Å². The largest absolute Gasteiger partial charge is 0.316 e. The monoisotopic (exact) mass is 228 g/mol. The second-order valence-corrected chi connectivity index (χ2v) is 6.68. The average molecular weight is 228 g/mol. The van der Waals surface area contributed by atoms with E-state index in [0.717, 1.165) is 19.6 Å². The third kappa shape index (κ3) is 7.24. The Morgan fingerprint density at radius 3 is 1.94 bits per heavy atom. The van der Waals surface area contributed by atoms with Gasteiger partial charge in [0.05, 0.1) is 0 Å². The summed E-state index contributed by atoms with van der Waals surface area (Å²) in [5, 5.41) is 3.48. The van der Waals surface area contributed by atoms with E-state index >= 15 is 0 Å². The van der Waals surface area contributed by atoms with Crippen LogP contribution in [0.2, 0.25) is 0 Å². The molecule has 0 aromatic rings. The molecule has 0 heterocycles. The van der Waals surface area contributed by atoms with E-state index in [1.807, 2.05) is 0 Å². The van der Waals surface area contributed by atoms with Gasteiger partial charge in [-0.3, -0.25) is 0 Å². The normalized spacial score (nSPS) is 16.5. The van der Waals surface area contributed by atoms with Crippen LogP contribution >= 0.6 is 0 Å². The molecule has 0 aliphatic carbocycles. The maximum absolute atomic E-state index is 3.48. The van der Waals surface area contributed by atoms with Gasteiger partial charge in [-0.2, -0.15) is 0 Å². The van der Waals surface area contributed by atoms with E-state index < -0.39 is 0 Å². The van der Waals surface area contributed by atoms with Crippen molar-refractivity contribution in [2.24, 2.45) is 10.8 Å². The molecule has 0 spiro atoms. The summed E-state index contributed by atoms with van der Waals surface area (Å²) in [7, 11) is 2.24. The minimum atomic E-state index is 0.390. The maximum Gasteiger partial charge on any atom is 0.00446 e. The number of nitrogens with zero attached hydrogens (tertiary/aromatic N) is 1. The molecule has 0 amide bonds. The fourth-order valence-corrected chi connectivity index (χ4v) is 2.24. The van der Waals surface area contributed by atoms with Gasteiger partial charge in [-0.25, -0.2) is 0 Å². The molecule has 0 aliphatic heterocycles. The summed E-state index contributed by atoms with van der Waals surface area (Å²) in [6, 6.07) is 0. The first-order chi connectivity index (χ1) is 7.22. The zero-order chi connectivity index (χ0) is 12.8. The molecule has 0 saturated heterocycles. The van der Waals surface area contributed by atoms with Gasteiger partial charge in [0.25, 0.3) is 0 Å². The highest BCUT2D eigenvalue weighted by Gasteiger charge is 2.25. The van der Waals surface area contributed by atoms with Gasteiger partial charge in [0.2, 0.25) is 0 Å². The Balaban J connectivity index is 4.19. The standard InChI is InChI=1S/C14H32N2/c1-8-14(6,10-15-9-2)12-16(7)11-13(3,4)5/h15H,8-12H2,1-7H3. The van der Waals surface area contributed by atoms with Crippen molar-refractivity contribution in [1.82, 2.24) is 10.2 Å². The Morgan fingerprint density at radius 2 is 1.56 bits per heavy atom. The Morgan fingerprint density at radius 1 is 1.00 bits per heavy atom. The van der Waals surface area contributed by atoms with Crippen LogP contribution < -0.4 is 5.32 Å². The molecular formula is C14H32N2. The van der Waals surface area contributed by atoms with Crippen LogP contribution in [-0.2, 0) is 0 Å². The van der Waals surface area contributed by atoms with Crippen molar-refractivity contribution in [3.8, 4) is 0 Å². The van der Waals surface area contributed by atoms with Gasteiger partial charge in [0.15, 0.2) is 0 Å². The summed E-state index contributed by atoms with van der Waals surface area (Å²) in [5.74, 6) is 0. The SMILES string of the molecule is CCNCC(C)(CC)CN(C)CC(C)(C)C. The van der Waals surface area contributed by atoms with Crippen molar-refractivity contribution in [1.29, 1.82) is 0 Å². The van der Waals surface area contributed by atoms with Crippen LogP contribution in [0.3, 0.4) is 0 Å². The number of hydrogen-bond acceptors (Lipinski definition) is 2. The molecule has 2 nitrogen and oxygen atoms in total. The summed E-state index contributed by atoms with van der Waals surface area (Å²) in [4.78, 5) is 2.47. The topological polar surface area (TPSA) is 15.3 Å². The fourth-order valence-electron chi connectivity index (χ4n) is 2.24.